The molecule has 1 fully saturated rings. The average molecular weight is 205 g/mol. The molecule has 2 nitrogen and oxygen atoms in total. The second-order valence-electron chi connectivity index (χ2n) is 5.37. The number of hydrogen-bond acceptors (Lipinski definition) is 2. The van der Waals surface area contributed by atoms with E-state index in [1.165, 1.54) is 16.8 Å². The average Bonchev–Trinajstić information content (AvgIpc) is 1.97. The molecule has 1 aromatic heterocycles. The molecule has 2 heteroatoms. The van der Waals surface area contributed by atoms with E-state index in [2.05, 4.69) is 38.7 Å². The van der Waals surface area contributed by atoms with Gasteiger partial charge in [-0.1, -0.05) is 20.8 Å². The molecule has 2 rings (SSSR count). The van der Waals surface area contributed by atoms with Crippen LogP contribution in [0.25, 0.3) is 0 Å². The van der Waals surface area contributed by atoms with E-state index in [0.29, 0.717) is 5.92 Å². The number of ether oxygens (including phenoxy) is 1. The molecule has 0 aromatic carbocycles. The smallest absolute Gasteiger partial charge is 0.0572 e. The lowest BCUT2D eigenvalue weighted by atomic mass is 9.80. The standard InChI is InChI=1S/C13H19NO/c1-9-5-6-14-12(10-7-15-8-10)11(9)13(2,3)4/h5-6,10H,7-8H2,1-4H3. The van der Waals surface area contributed by atoms with Crippen LogP contribution in [-0.2, 0) is 10.2 Å². The van der Waals surface area contributed by atoms with Gasteiger partial charge in [0.2, 0.25) is 0 Å². The Balaban J connectivity index is 2.48. The largest absolute Gasteiger partial charge is 0.380 e. The summed E-state index contributed by atoms with van der Waals surface area (Å²) in [5.41, 5.74) is 4.16. The maximum atomic E-state index is 5.26. The Morgan fingerprint density at radius 1 is 1.33 bits per heavy atom. The van der Waals surface area contributed by atoms with Gasteiger partial charge in [-0.25, -0.2) is 0 Å². The van der Waals surface area contributed by atoms with E-state index in [9.17, 15) is 0 Å². The first-order chi connectivity index (χ1) is 7.00. The zero-order chi connectivity index (χ0) is 11.1. The highest BCUT2D eigenvalue weighted by molar-refractivity contribution is 5.37. The zero-order valence-corrected chi connectivity index (χ0v) is 10.0. The van der Waals surface area contributed by atoms with E-state index in [4.69, 9.17) is 4.74 Å². The molecule has 0 unspecified atom stereocenters. The van der Waals surface area contributed by atoms with Crippen LogP contribution in [0.4, 0.5) is 0 Å². The highest BCUT2D eigenvalue weighted by atomic mass is 16.5. The van der Waals surface area contributed by atoms with Gasteiger partial charge >= 0.3 is 0 Å². The van der Waals surface area contributed by atoms with Crippen molar-refractivity contribution in [3.8, 4) is 0 Å². The van der Waals surface area contributed by atoms with Crippen LogP contribution in [0.2, 0.25) is 0 Å². The molecule has 1 aliphatic heterocycles. The van der Waals surface area contributed by atoms with Crippen molar-refractivity contribution in [2.75, 3.05) is 13.2 Å². The molecule has 0 amide bonds. The third-order valence-electron chi connectivity index (χ3n) is 2.96. The van der Waals surface area contributed by atoms with Crippen LogP contribution in [0, 0.1) is 6.92 Å². The summed E-state index contributed by atoms with van der Waals surface area (Å²) >= 11 is 0. The van der Waals surface area contributed by atoms with Crippen molar-refractivity contribution in [3.05, 3.63) is 29.1 Å². The molecular formula is C13H19NO. The van der Waals surface area contributed by atoms with Crippen molar-refractivity contribution in [2.24, 2.45) is 0 Å². The summed E-state index contributed by atoms with van der Waals surface area (Å²) in [6.45, 7) is 10.6. The van der Waals surface area contributed by atoms with Crippen molar-refractivity contribution < 1.29 is 4.74 Å². The van der Waals surface area contributed by atoms with Crippen molar-refractivity contribution in [2.45, 2.75) is 39.0 Å². The van der Waals surface area contributed by atoms with Crippen molar-refractivity contribution in [1.29, 1.82) is 0 Å². The lowest BCUT2D eigenvalue weighted by Crippen LogP contribution is -2.30. The molecule has 0 spiro atoms. The molecule has 1 saturated heterocycles. The molecule has 0 atom stereocenters. The molecule has 0 radical (unpaired) electrons. The third-order valence-corrected chi connectivity index (χ3v) is 2.96. The minimum absolute atomic E-state index is 0.170. The summed E-state index contributed by atoms with van der Waals surface area (Å²) in [5, 5.41) is 0. The summed E-state index contributed by atoms with van der Waals surface area (Å²) in [4.78, 5) is 4.55. The molecular weight excluding hydrogens is 186 g/mol. The van der Waals surface area contributed by atoms with Gasteiger partial charge in [0.1, 0.15) is 0 Å². The lowest BCUT2D eigenvalue weighted by Gasteiger charge is -2.32. The first-order valence-electron chi connectivity index (χ1n) is 5.54. The Hall–Kier alpha value is -0.890. The Labute approximate surface area is 91.7 Å². The van der Waals surface area contributed by atoms with E-state index in [1.807, 2.05) is 6.20 Å². The van der Waals surface area contributed by atoms with Crippen molar-refractivity contribution in [1.82, 2.24) is 4.98 Å². The SMILES string of the molecule is Cc1ccnc(C2COC2)c1C(C)(C)C. The van der Waals surface area contributed by atoms with Gasteiger partial charge in [-0.2, -0.15) is 0 Å². The van der Waals surface area contributed by atoms with E-state index < -0.39 is 0 Å². The topological polar surface area (TPSA) is 22.1 Å². The Morgan fingerprint density at radius 2 is 2.00 bits per heavy atom. The molecule has 82 valence electrons. The van der Waals surface area contributed by atoms with Gasteiger partial charge in [-0.05, 0) is 29.5 Å². The number of pyridine rings is 1. The second-order valence-corrected chi connectivity index (χ2v) is 5.37. The van der Waals surface area contributed by atoms with Gasteiger partial charge in [-0.15, -0.1) is 0 Å². The van der Waals surface area contributed by atoms with Gasteiger partial charge in [-0.3, -0.25) is 4.98 Å². The van der Waals surface area contributed by atoms with Gasteiger partial charge in [0.15, 0.2) is 0 Å². The van der Waals surface area contributed by atoms with Crippen LogP contribution >= 0.6 is 0 Å². The number of nitrogens with zero attached hydrogens (tertiary/aromatic N) is 1. The third kappa shape index (κ3) is 1.91. The Kier molecular flexibility index (Phi) is 2.55. The second kappa shape index (κ2) is 3.60. The minimum Gasteiger partial charge on any atom is -0.380 e. The monoisotopic (exact) mass is 205 g/mol. The van der Waals surface area contributed by atoms with Crippen LogP contribution in [-0.4, -0.2) is 18.2 Å². The Bertz CT molecular complexity index is 361. The number of aryl methyl sites for hydroxylation is 1. The minimum atomic E-state index is 0.170. The predicted octanol–water partition coefficient (Wildman–Crippen LogP) is 2.80. The Morgan fingerprint density at radius 3 is 2.47 bits per heavy atom. The van der Waals surface area contributed by atoms with E-state index in [1.54, 1.807) is 0 Å². The number of aromatic nitrogens is 1. The van der Waals surface area contributed by atoms with Crippen LogP contribution in [0.5, 0.6) is 0 Å². The summed E-state index contributed by atoms with van der Waals surface area (Å²) in [7, 11) is 0. The molecule has 2 heterocycles. The van der Waals surface area contributed by atoms with E-state index in [-0.39, 0.29) is 5.41 Å². The number of hydrogen-bond donors (Lipinski definition) is 0. The normalized spacial score (nSPS) is 17.6. The van der Waals surface area contributed by atoms with E-state index >= 15 is 0 Å². The predicted molar refractivity (Wildman–Crippen MR) is 61.2 cm³/mol. The summed E-state index contributed by atoms with van der Waals surface area (Å²) in [5.74, 6) is 0.513. The molecule has 1 aliphatic rings. The van der Waals surface area contributed by atoms with Crippen molar-refractivity contribution >= 4 is 0 Å². The summed E-state index contributed by atoms with van der Waals surface area (Å²) in [6.07, 6.45) is 1.91. The fraction of sp³-hybridized carbons (Fsp3) is 0.615. The fourth-order valence-corrected chi connectivity index (χ4v) is 2.26. The quantitative estimate of drug-likeness (QED) is 0.703. The first-order valence-corrected chi connectivity index (χ1v) is 5.54. The van der Waals surface area contributed by atoms with Crippen LogP contribution < -0.4 is 0 Å². The highest BCUT2D eigenvalue weighted by Gasteiger charge is 2.29. The van der Waals surface area contributed by atoms with Crippen molar-refractivity contribution in [3.63, 3.8) is 0 Å². The van der Waals surface area contributed by atoms with Gasteiger partial charge < -0.3 is 4.74 Å². The van der Waals surface area contributed by atoms with Crippen LogP contribution in [0.15, 0.2) is 12.3 Å². The highest BCUT2D eigenvalue weighted by Crippen LogP contribution is 2.34. The summed E-state index contributed by atoms with van der Waals surface area (Å²) in [6, 6.07) is 2.10. The van der Waals surface area contributed by atoms with Gasteiger partial charge in [0, 0.05) is 12.1 Å². The maximum absolute atomic E-state index is 5.26. The van der Waals surface area contributed by atoms with Crippen LogP contribution in [0.3, 0.4) is 0 Å². The zero-order valence-electron chi connectivity index (χ0n) is 10.0. The fourth-order valence-electron chi connectivity index (χ4n) is 2.26. The first kappa shape index (κ1) is 10.6. The van der Waals surface area contributed by atoms with Gasteiger partial charge in [0.05, 0.1) is 18.9 Å². The molecule has 0 saturated carbocycles. The summed E-state index contributed by atoms with van der Waals surface area (Å²) < 4.78 is 5.26. The molecule has 1 aromatic rings. The molecule has 0 bridgehead atoms. The molecule has 15 heavy (non-hydrogen) atoms. The van der Waals surface area contributed by atoms with Crippen LogP contribution in [0.1, 0.15) is 43.5 Å². The molecule has 0 N–H and O–H groups in total. The maximum Gasteiger partial charge on any atom is 0.0572 e. The number of rotatable bonds is 1. The van der Waals surface area contributed by atoms with E-state index in [0.717, 1.165) is 13.2 Å². The lowest BCUT2D eigenvalue weighted by molar-refractivity contribution is 0.00599. The molecule has 0 aliphatic carbocycles. The van der Waals surface area contributed by atoms with Gasteiger partial charge in [0.25, 0.3) is 0 Å².